The van der Waals surface area contributed by atoms with Crippen molar-refractivity contribution < 1.29 is 5.11 Å². The lowest BCUT2D eigenvalue weighted by Crippen LogP contribution is -2.57. The lowest BCUT2D eigenvalue weighted by Gasteiger charge is -2.31. The van der Waals surface area contributed by atoms with Crippen molar-refractivity contribution >= 4 is 0 Å². The van der Waals surface area contributed by atoms with E-state index in [0.717, 1.165) is 0 Å². The minimum Gasteiger partial charge on any atom is -0.374 e. The number of hydrogen-bond acceptors (Lipinski definition) is 3. The molecule has 0 saturated carbocycles. The van der Waals surface area contributed by atoms with E-state index in [4.69, 9.17) is 11.5 Å². The molecule has 0 aliphatic heterocycles. The van der Waals surface area contributed by atoms with Crippen LogP contribution in [0.2, 0.25) is 0 Å². The Balaban J connectivity index is 4.01. The predicted molar refractivity (Wildman–Crippen MR) is 37.6 cm³/mol. The van der Waals surface area contributed by atoms with Crippen molar-refractivity contribution in [1.82, 2.24) is 0 Å². The first-order chi connectivity index (χ1) is 3.89. The van der Waals surface area contributed by atoms with Crippen LogP contribution < -0.4 is 11.5 Å². The molecule has 0 rings (SSSR count). The molecule has 0 spiro atoms. The lowest BCUT2D eigenvalue weighted by atomic mass is 9.94. The van der Waals surface area contributed by atoms with Crippen molar-refractivity contribution in [2.24, 2.45) is 17.4 Å². The maximum atomic E-state index is 9.32. The second kappa shape index (κ2) is 2.64. The van der Waals surface area contributed by atoms with Crippen LogP contribution in [0.3, 0.4) is 0 Å². The van der Waals surface area contributed by atoms with Gasteiger partial charge in [-0.25, -0.2) is 0 Å². The summed E-state index contributed by atoms with van der Waals surface area (Å²) in [4.78, 5) is 0. The molecule has 0 radical (unpaired) electrons. The Bertz CT molecular complexity index is 79.1. The summed E-state index contributed by atoms with van der Waals surface area (Å²) in [5, 5.41) is 9.32. The Kier molecular flexibility index (Phi) is 2.61. The number of hydrogen-bond donors (Lipinski definition) is 3. The lowest BCUT2D eigenvalue weighted by molar-refractivity contribution is -0.0179. The molecular formula is C6H16N2O. The van der Waals surface area contributed by atoms with Crippen LogP contribution in [0.4, 0.5) is 0 Å². The molecule has 0 bridgehead atoms. The van der Waals surface area contributed by atoms with Gasteiger partial charge in [0.15, 0.2) is 0 Å². The second-order valence-electron chi connectivity index (χ2n) is 2.83. The quantitative estimate of drug-likeness (QED) is 0.449. The molecule has 0 saturated heterocycles. The number of rotatable bonds is 2. The summed E-state index contributed by atoms with van der Waals surface area (Å²) in [5.41, 5.74) is 9.61. The third kappa shape index (κ3) is 1.93. The van der Waals surface area contributed by atoms with Gasteiger partial charge in [0, 0.05) is 6.04 Å². The van der Waals surface area contributed by atoms with Crippen LogP contribution in [0.5, 0.6) is 0 Å². The Morgan fingerprint density at radius 1 is 1.33 bits per heavy atom. The average Bonchev–Trinajstić information content (AvgIpc) is 1.65. The number of nitrogens with two attached hydrogens (primary N) is 2. The van der Waals surface area contributed by atoms with Gasteiger partial charge in [-0.1, -0.05) is 13.8 Å². The van der Waals surface area contributed by atoms with E-state index in [-0.39, 0.29) is 12.0 Å². The maximum Gasteiger partial charge on any atom is 0.130 e. The van der Waals surface area contributed by atoms with Crippen LogP contribution in [-0.2, 0) is 0 Å². The SMILES string of the molecule is CC(C)C(N)(O)C(C)N. The van der Waals surface area contributed by atoms with Crippen molar-refractivity contribution in [2.45, 2.75) is 32.5 Å². The number of aliphatic hydroxyl groups is 1. The molecule has 0 aliphatic carbocycles. The Hall–Kier alpha value is -0.120. The van der Waals surface area contributed by atoms with E-state index in [2.05, 4.69) is 0 Å². The topological polar surface area (TPSA) is 72.3 Å². The zero-order valence-corrected chi connectivity index (χ0v) is 6.26. The van der Waals surface area contributed by atoms with E-state index in [1.807, 2.05) is 13.8 Å². The first kappa shape index (κ1) is 8.88. The van der Waals surface area contributed by atoms with Crippen molar-refractivity contribution in [1.29, 1.82) is 0 Å². The third-order valence-corrected chi connectivity index (χ3v) is 1.65. The molecule has 0 fully saturated rings. The Morgan fingerprint density at radius 2 is 1.67 bits per heavy atom. The molecule has 2 unspecified atom stereocenters. The van der Waals surface area contributed by atoms with Gasteiger partial charge in [0.1, 0.15) is 5.72 Å². The minimum absolute atomic E-state index is 0.00231. The van der Waals surface area contributed by atoms with Gasteiger partial charge in [0.05, 0.1) is 0 Å². The van der Waals surface area contributed by atoms with Gasteiger partial charge in [0.25, 0.3) is 0 Å². The van der Waals surface area contributed by atoms with Gasteiger partial charge in [0.2, 0.25) is 0 Å². The molecule has 3 heteroatoms. The highest BCUT2D eigenvalue weighted by molar-refractivity contribution is 4.82. The molecule has 9 heavy (non-hydrogen) atoms. The molecule has 56 valence electrons. The third-order valence-electron chi connectivity index (χ3n) is 1.65. The van der Waals surface area contributed by atoms with Crippen LogP contribution in [0.15, 0.2) is 0 Å². The summed E-state index contributed by atoms with van der Waals surface area (Å²) < 4.78 is 0. The molecule has 0 aromatic heterocycles. The predicted octanol–water partition coefficient (Wildman–Crippen LogP) is -0.363. The van der Waals surface area contributed by atoms with Gasteiger partial charge in [-0.2, -0.15) is 0 Å². The summed E-state index contributed by atoms with van der Waals surface area (Å²) in [6, 6.07) is -0.377. The summed E-state index contributed by atoms with van der Waals surface area (Å²) in [5.74, 6) is -0.00231. The molecule has 5 N–H and O–H groups in total. The highest BCUT2D eigenvalue weighted by Gasteiger charge is 2.29. The fourth-order valence-corrected chi connectivity index (χ4v) is 0.526. The van der Waals surface area contributed by atoms with E-state index < -0.39 is 5.72 Å². The van der Waals surface area contributed by atoms with Crippen LogP contribution in [0, 0.1) is 5.92 Å². The molecule has 2 atom stereocenters. The van der Waals surface area contributed by atoms with E-state index in [9.17, 15) is 5.11 Å². The highest BCUT2D eigenvalue weighted by Crippen LogP contribution is 2.12. The van der Waals surface area contributed by atoms with E-state index in [0.29, 0.717) is 0 Å². The van der Waals surface area contributed by atoms with Crippen LogP contribution >= 0.6 is 0 Å². The Morgan fingerprint density at radius 3 is 1.67 bits per heavy atom. The fourth-order valence-electron chi connectivity index (χ4n) is 0.526. The maximum absolute atomic E-state index is 9.32. The summed E-state index contributed by atoms with van der Waals surface area (Å²) in [7, 11) is 0. The minimum atomic E-state index is -1.22. The van der Waals surface area contributed by atoms with E-state index in [1.165, 1.54) is 0 Å². The van der Waals surface area contributed by atoms with Crippen molar-refractivity contribution in [3.05, 3.63) is 0 Å². The van der Waals surface area contributed by atoms with E-state index in [1.54, 1.807) is 6.92 Å². The molecule has 0 aliphatic rings. The standard InChI is InChI=1S/C6H16N2O/c1-4(2)6(8,9)5(3)7/h4-5,9H,7-8H2,1-3H3. The molecule has 0 heterocycles. The first-order valence-corrected chi connectivity index (χ1v) is 3.16. The van der Waals surface area contributed by atoms with Crippen molar-refractivity contribution in [3.63, 3.8) is 0 Å². The first-order valence-electron chi connectivity index (χ1n) is 3.16. The van der Waals surface area contributed by atoms with Gasteiger partial charge < -0.3 is 16.6 Å². The summed E-state index contributed by atoms with van der Waals surface area (Å²) in [6.45, 7) is 5.37. The van der Waals surface area contributed by atoms with Crippen LogP contribution in [0.25, 0.3) is 0 Å². The van der Waals surface area contributed by atoms with Gasteiger partial charge in [-0.3, -0.25) is 0 Å². The second-order valence-corrected chi connectivity index (χ2v) is 2.83. The molecule has 0 aromatic carbocycles. The van der Waals surface area contributed by atoms with Crippen molar-refractivity contribution in [2.75, 3.05) is 0 Å². The van der Waals surface area contributed by atoms with Gasteiger partial charge >= 0.3 is 0 Å². The monoisotopic (exact) mass is 132 g/mol. The van der Waals surface area contributed by atoms with Crippen LogP contribution in [0.1, 0.15) is 20.8 Å². The smallest absolute Gasteiger partial charge is 0.130 e. The van der Waals surface area contributed by atoms with Crippen LogP contribution in [-0.4, -0.2) is 16.9 Å². The van der Waals surface area contributed by atoms with E-state index >= 15 is 0 Å². The molecular weight excluding hydrogens is 116 g/mol. The molecule has 3 nitrogen and oxygen atoms in total. The normalized spacial score (nSPS) is 21.7. The van der Waals surface area contributed by atoms with Gasteiger partial charge in [-0.15, -0.1) is 0 Å². The van der Waals surface area contributed by atoms with Crippen molar-refractivity contribution in [3.8, 4) is 0 Å². The summed E-state index contributed by atoms with van der Waals surface area (Å²) in [6.07, 6.45) is 0. The average molecular weight is 132 g/mol. The molecule has 0 aromatic rings. The molecule has 0 amide bonds. The highest BCUT2D eigenvalue weighted by atomic mass is 16.3. The fraction of sp³-hybridized carbons (Fsp3) is 1.00. The zero-order chi connectivity index (χ0) is 7.65. The Labute approximate surface area is 56.0 Å². The summed E-state index contributed by atoms with van der Waals surface area (Å²) >= 11 is 0. The van der Waals surface area contributed by atoms with Gasteiger partial charge in [-0.05, 0) is 12.8 Å². The zero-order valence-electron chi connectivity index (χ0n) is 6.26. The largest absolute Gasteiger partial charge is 0.374 e.